The second-order valence-corrected chi connectivity index (χ2v) is 5.40. The maximum atomic E-state index is 5.80. The van der Waals surface area contributed by atoms with Crippen LogP contribution in [0.4, 0.5) is 0 Å². The van der Waals surface area contributed by atoms with Gasteiger partial charge >= 0.3 is 0 Å². The Hall–Kier alpha value is -0.420. The lowest BCUT2D eigenvalue weighted by Crippen LogP contribution is -2.47. The van der Waals surface area contributed by atoms with Crippen molar-refractivity contribution in [2.75, 3.05) is 26.4 Å². The van der Waals surface area contributed by atoms with Crippen LogP contribution in [0.5, 0.6) is 0 Å². The Morgan fingerprint density at radius 3 is 3.00 bits per heavy atom. The van der Waals surface area contributed by atoms with Crippen LogP contribution in [0.25, 0.3) is 0 Å². The van der Waals surface area contributed by atoms with Gasteiger partial charge in [-0.3, -0.25) is 0 Å². The van der Waals surface area contributed by atoms with E-state index in [1.807, 2.05) is 6.07 Å². The SMILES string of the molecule is CCNC(Cc1cccc(Br)c1)C1COCCO1. The molecule has 4 heteroatoms. The molecule has 1 aromatic carbocycles. The minimum absolute atomic E-state index is 0.151. The molecule has 2 atom stereocenters. The van der Waals surface area contributed by atoms with Gasteiger partial charge in [0, 0.05) is 10.5 Å². The van der Waals surface area contributed by atoms with Crippen LogP contribution in [0.3, 0.4) is 0 Å². The molecule has 100 valence electrons. The molecule has 1 saturated heterocycles. The standard InChI is InChI=1S/C14H20BrNO2/c1-2-16-13(14-10-17-6-7-18-14)9-11-4-3-5-12(15)8-11/h3-5,8,13-14,16H,2,6-7,9-10H2,1H3. The van der Waals surface area contributed by atoms with E-state index in [1.165, 1.54) is 5.56 Å². The Bertz CT molecular complexity index is 367. The fraction of sp³-hybridized carbons (Fsp3) is 0.571. The minimum Gasteiger partial charge on any atom is -0.376 e. The zero-order chi connectivity index (χ0) is 12.8. The first kappa shape index (κ1) is 14.0. The topological polar surface area (TPSA) is 30.5 Å². The highest BCUT2D eigenvalue weighted by Crippen LogP contribution is 2.16. The van der Waals surface area contributed by atoms with E-state index in [1.54, 1.807) is 0 Å². The van der Waals surface area contributed by atoms with E-state index in [2.05, 4.69) is 46.4 Å². The molecule has 0 spiro atoms. The molecule has 2 rings (SSSR count). The van der Waals surface area contributed by atoms with Gasteiger partial charge < -0.3 is 14.8 Å². The van der Waals surface area contributed by atoms with Gasteiger partial charge in [0.15, 0.2) is 0 Å². The van der Waals surface area contributed by atoms with E-state index in [-0.39, 0.29) is 6.10 Å². The Balaban J connectivity index is 2.00. The molecule has 1 N–H and O–H groups in total. The number of likely N-dealkylation sites (N-methyl/N-ethyl adjacent to an activating group) is 1. The van der Waals surface area contributed by atoms with Gasteiger partial charge in [-0.15, -0.1) is 0 Å². The maximum absolute atomic E-state index is 5.80. The normalized spacial score (nSPS) is 21.8. The zero-order valence-corrected chi connectivity index (χ0v) is 12.3. The number of hydrogen-bond acceptors (Lipinski definition) is 3. The number of hydrogen-bond donors (Lipinski definition) is 1. The lowest BCUT2D eigenvalue weighted by Gasteiger charge is -2.31. The lowest BCUT2D eigenvalue weighted by molar-refractivity contribution is -0.101. The Kier molecular flexibility index (Phi) is 5.63. The molecule has 0 bridgehead atoms. The van der Waals surface area contributed by atoms with Crippen molar-refractivity contribution in [3.05, 3.63) is 34.3 Å². The molecule has 0 amide bonds. The summed E-state index contributed by atoms with van der Waals surface area (Å²) in [6.45, 7) is 5.17. The highest BCUT2D eigenvalue weighted by atomic mass is 79.9. The van der Waals surface area contributed by atoms with Gasteiger partial charge in [-0.1, -0.05) is 35.0 Å². The molecule has 1 heterocycles. The zero-order valence-electron chi connectivity index (χ0n) is 10.7. The van der Waals surface area contributed by atoms with Crippen LogP contribution in [0.15, 0.2) is 28.7 Å². The van der Waals surface area contributed by atoms with E-state index in [0.29, 0.717) is 25.9 Å². The number of ether oxygens (including phenoxy) is 2. The van der Waals surface area contributed by atoms with Crippen molar-refractivity contribution in [3.8, 4) is 0 Å². The number of benzene rings is 1. The van der Waals surface area contributed by atoms with Gasteiger partial charge in [0.25, 0.3) is 0 Å². The van der Waals surface area contributed by atoms with Crippen LogP contribution >= 0.6 is 15.9 Å². The number of rotatable bonds is 5. The molecule has 1 aliphatic rings. The molecular weight excluding hydrogens is 294 g/mol. The van der Waals surface area contributed by atoms with E-state index in [0.717, 1.165) is 17.4 Å². The van der Waals surface area contributed by atoms with Crippen molar-refractivity contribution in [1.29, 1.82) is 0 Å². The van der Waals surface area contributed by atoms with Gasteiger partial charge in [0.2, 0.25) is 0 Å². The third kappa shape index (κ3) is 4.05. The third-order valence-electron chi connectivity index (χ3n) is 3.10. The summed E-state index contributed by atoms with van der Waals surface area (Å²) in [6, 6.07) is 8.74. The smallest absolute Gasteiger partial charge is 0.0965 e. The quantitative estimate of drug-likeness (QED) is 0.905. The van der Waals surface area contributed by atoms with E-state index >= 15 is 0 Å². The first-order valence-corrected chi connectivity index (χ1v) is 7.26. The molecule has 18 heavy (non-hydrogen) atoms. The van der Waals surface area contributed by atoms with E-state index < -0.39 is 0 Å². The highest BCUT2D eigenvalue weighted by Gasteiger charge is 2.24. The molecule has 3 nitrogen and oxygen atoms in total. The lowest BCUT2D eigenvalue weighted by atomic mass is 10.0. The minimum atomic E-state index is 0.151. The monoisotopic (exact) mass is 313 g/mol. The number of nitrogens with one attached hydrogen (secondary N) is 1. The van der Waals surface area contributed by atoms with Gasteiger partial charge in [0.05, 0.1) is 25.9 Å². The summed E-state index contributed by atoms with van der Waals surface area (Å²) in [4.78, 5) is 0. The Morgan fingerprint density at radius 2 is 2.33 bits per heavy atom. The first-order valence-electron chi connectivity index (χ1n) is 6.46. The van der Waals surface area contributed by atoms with Gasteiger partial charge in [-0.25, -0.2) is 0 Å². The van der Waals surface area contributed by atoms with Crippen molar-refractivity contribution in [1.82, 2.24) is 5.32 Å². The van der Waals surface area contributed by atoms with Crippen LogP contribution in [0, 0.1) is 0 Å². The van der Waals surface area contributed by atoms with Crippen LogP contribution in [-0.4, -0.2) is 38.5 Å². The second kappa shape index (κ2) is 7.24. The summed E-state index contributed by atoms with van der Waals surface area (Å²) >= 11 is 3.51. The molecule has 1 aliphatic heterocycles. The average Bonchev–Trinajstić information content (AvgIpc) is 2.39. The first-order chi connectivity index (χ1) is 8.79. The van der Waals surface area contributed by atoms with Crippen LogP contribution in [-0.2, 0) is 15.9 Å². The predicted molar refractivity (Wildman–Crippen MR) is 75.9 cm³/mol. The predicted octanol–water partition coefficient (Wildman–Crippen LogP) is 2.39. The fourth-order valence-electron chi connectivity index (χ4n) is 2.25. The largest absolute Gasteiger partial charge is 0.376 e. The molecule has 1 aromatic rings. The average molecular weight is 314 g/mol. The summed E-state index contributed by atoms with van der Waals surface area (Å²) < 4.78 is 12.4. The van der Waals surface area contributed by atoms with E-state index in [9.17, 15) is 0 Å². The Labute approximate surface area is 117 Å². The van der Waals surface area contributed by atoms with Crippen LogP contribution in [0.2, 0.25) is 0 Å². The highest BCUT2D eigenvalue weighted by molar-refractivity contribution is 9.10. The van der Waals surface area contributed by atoms with Crippen molar-refractivity contribution in [2.24, 2.45) is 0 Å². The summed E-state index contributed by atoms with van der Waals surface area (Å²) in [5.41, 5.74) is 1.31. The van der Waals surface area contributed by atoms with Gasteiger partial charge in [-0.05, 0) is 30.7 Å². The molecule has 0 radical (unpaired) electrons. The molecule has 0 aromatic heterocycles. The summed E-state index contributed by atoms with van der Waals surface area (Å²) in [6.07, 6.45) is 1.11. The summed E-state index contributed by atoms with van der Waals surface area (Å²) in [7, 11) is 0. The second-order valence-electron chi connectivity index (χ2n) is 4.48. The van der Waals surface area contributed by atoms with Gasteiger partial charge in [-0.2, -0.15) is 0 Å². The molecule has 0 aliphatic carbocycles. The number of halogens is 1. The summed E-state index contributed by atoms with van der Waals surface area (Å²) in [5, 5.41) is 3.50. The molecule has 2 unspecified atom stereocenters. The fourth-order valence-corrected chi connectivity index (χ4v) is 2.70. The Morgan fingerprint density at radius 1 is 1.44 bits per heavy atom. The van der Waals surface area contributed by atoms with E-state index in [4.69, 9.17) is 9.47 Å². The molecule has 1 fully saturated rings. The van der Waals surface area contributed by atoms with Gasteiger partial charge in [0.1, 0.15) is 0 Å². The maximum Gasteiger partial charge on any atom is 0.0965 e. The van der Waals surface area contributed by atoms with Crippen molar-refractivity contribution in [3.63, 3.8) is 0 Å². The molecular formula is C14H20BrNO2. The van der Waals surface area contributed by atoms with Crippen LogP contribution in [0.1, 0.15) is 12.5 Å². The summed E-state index contributed by atoms with van der Waals surface area (Å²) in [5.74, 6) is 0. The van der Waals surface area contributed by atoms with Crippen molar-refractivity contribution >= 4 is 15.9 Å². The van der Waals surface area contributed by atoms with Crippen molar-refractivity contribution < 1.29 is 9.47 Å². The van der Waals surface area contributed by atoms with Crippen molar-refractivity contribution in [2.45, 2.75) is 25.5 Å². The molecule has 0 saturated carbocycles. The third-order valence-corrected chi connectivity index (χ3v) is 3.59. The van der Waals surface area contributed by atoms with Crippen LogP contribution < -0.4 is 5.32 Å².